The van der Waals surface area contributed by atoms with Crippen molar-refractivity contribution in [3.05, 3.63) is 35.9 Å². The summed E-state index contributed by atoms with van der Waals surface area (Å²) in [5.41, 5.74) is 1.23. The van der Waals surface area contributed by atoms with Crippen LogP contribution in [0.4, 0.5) is 0 Å². The van der Waals surface area contributed by atoms with Crippen LogP contribution in [0.5, 0.6) is 0 Å². The fraction of sp³-hybridized carbons (Fsp3) is 0.467. The molecule has 0 fully saturated rings. The molecule has 0 aliphatic carbocycles. The van der Waals surface area contributed by atoms with Crippen LogP contribution in [0.2, 0.25) is 0 Å². The van der Waals surface area contributed by atoms with Crippen molar-refractivity contribution < 1.29 is 14.3 Å². The minimum absolute atomic E-state index is 0.0788. The molecule has 0 bridgehead atoms. The SMILES string of the molecule is COC(=O)CC(CCc1ccccc1)CC(C)=O. The van der Waals surface area contributed by atoms with Crippen molar-refractivity contribution >= 4 is 11.8 Å². The highest BCUT2D eigenvalue weighted by Gasteiger charge is 2.16. The maximum absolute atomic E-state index is 11.3. The first kappa shape index (κ1) is 14.4. The molecule has 0 N–H and O–H groups in total. The van der Waals surface area contributed by atoms with Gasteiger partial charge < -0.3 is 9.53 Å². The summed E-state index contributed by atoms with van der Waals surface area (Å²) in [6.07, 6.45) is 2.49. The topological polar surface area (TPSA) is 43.4 Å². The van der Waals surface area contributed by atoms with E-state index in [1.54, 1.807) is 6.92 Å². The Morgan fingerprint density at radius 2 is 1.83 bits per heavy atom. The van der Waals surface area contributed by atoms with Gasteiger partial charge in [0.2, 0.25) is 0 Å². The zero-order valence-electron chi connectivity index (χ0n) is 11.0. The number of carbonyl (C=O) groups excluding carboxylic acids is 2. The van der Waals surface area contributed by atoms with E-state index in [2.05, 4.69) is 16.9 Å². The molecule has 3 heteroatoms. The number of aryl methyl sites for hydroxylation is 1. The molecule has 0 aromatic heterocycles. The Kier molecular flexibility index (Phi) is 6.12. The second-order valence-corrected chi connectivity index (χ2v) is 4.58. The van der Waals surface area contributed by atoms with Crippen molar-refractivity contribution in [3.63, 3.8) is 0 Å². The minimum Gasteiger partial charge on any atom is -0.469 e. The predicted octanol–water partition coefficient (Wildman–Crippen LogP) is 2.78. The van der Waals surface area contributed by atoms with Crippen molar-refractivity contribution in [1.29, 1.82) is 0 Å². The molecule has 1 aromatic rings. The second-order valence-electron chi connectivity index (χ2n) is 4.58. The van der Waals surface area contributed by atoms with Gasteiger partial charge in [-0.25, -0.2) is 0 Å². The summed E-state index contributed by atoms with van der Waals surface area (Å²) >= 11 is 0. The highest BCUT2D eigenvalue weighted by Crippen LogP contribution is 2.18. The van der Waals surface area contributed by atoms with Gasteiger partial charge in [-0.15, -0.1) is 0 Å². The Hall–Kier alpha value is -1.64. The van der Waals surface area contributed by atoms with Crippen LogP contribution in [-0.4, -0.2) is 18.9 Å². The van der Waals surface area contributed by atoms with Gasteiger partial charge in [-0.3, -0.25) is 4.79 Å². The van der Waals surface area contributed by atoms with E-state index in [1.165, 1.54) is 12.7 Å². The molecule has 0 aliphatic heterocycles. The summed E-state index contributed by atoms with van der Waals surface area (Å²) in [6, 6.07) is 10.1. The first-order valence-electron chi connectivity index (χ1n) is 6.22. The van der Waals surface area contributed by atoms with Gasteiger partial charge in [0.05, 0.1) is 7.11 Å². The van der Waals surface area contributed by atoms with Crippen LogP contribution in [0.3, 0.4) is 0 Å². The van der Waals surface area contributed by atoms with E-state index in [4.69, 9.17) is 0 Å². The fourth-order valence-corrected chi connectivity index (χ4v) is 2.02. The average Bonchev–Trinajstić information content (AvgIpc) is 2.36. The maximum atomic E-state index is 11.3. The van der Waals surface area contributed by atoms with Crippen LogP contribution in [0.1, 0.15) is 31.7 Å². The Bertz CT molecular complexity index is 384. The normalized spacial score (nSPS) is 11.9. The average molecular weight is 248 g/mol. The van der Waals surface area contributed by atoms with Gasteiger partial charge in [0.25, 0.3) is 0 Å². The summed E-state index contributed by atoms with van der Waals surface area (Å²) in [5.74, 6) is -0.0403. The van der Waals surface area contributed by atoms with Gasteiger partial charge in [-0.1, -0.05) is 30.3 Å². The number of methoxy groups -OCH3 is 1. The molecule has 1 atom stereocenters. The van der Waals surface area contributed by atoms with Crippen molar-refractivity contribution in [2.24, 2.45) is 5.92 Å². The van der Waals surface area contributed by atoms with E-state index in [-0.39, 0.29) is 17.7 Å². The fourth-order valence-electron chi connectivity index (χ4n) is 2.02. The Labute approximate surface area is 108 Å². The third kappa shape index (κ3) is 5.62. The first-order valence-corrected chi connectivity index (χ1v) is 6.22. The summed E-state index contributed by atoms with van der Waals surface area (Å²) in [6.45, 7) is 1.56. The second kappa shape index (κ2) is 7.64. The van der Waals surface area contributed by atoms with E-state index < -0.39 is 0 Å². The number of ether oxygens (including phenoxy) is 1. The number of benzene rings is 1. The lowest BCUT2D eigenvalue weighted by molar-refractivity contribution is -0.141. The molecule has 3 nitrogen and oxygen atoms in total. The third-order valence-electron chi connectivity index (χ3n) is 2.94. The predicted molar refractivity (Wildman–Crippen MR) is 70.2 cm³/mol. The van der Waals surface area contributed by atoms with Gasteiger partial charge >= 0.3 is 5.97 Å². The molecule has 0 amide bonds. The molecule has 0 radical (unpaired) electrons. The number of ketones is 1. The molecule has 1 rings (SSSR count). The molecule has 0 aliphatic rings. The van der Waals surface area contributed by atoms with E-state index in [0.717, 1.165) is 12.8 Å². The zero-order chi connectivity index (χ0) is 13.4. The van der Waals surface area contributed by atoms with Crippen LogP contribution >= 0.6 is 0 Å². The largest absolute Gasteiger partial charge is 0.469 e. The molecule has 0 saturated heterocycles. The van der Waals surface area contributed by atoms with Gasteiger partial charge in [0.15, 0.2) is 0 Å². The first-order chi connectivity index (χ1) is 8.61. The maximum Gasteiger partial charge on any atom is 0.305 e. The van der Waals surface area contributed by atoms with Crippen molar-refractivity contribution in [2.45, 2.75) is 32.6 Å². The van der Waals surface area contributed by atoms with E-state index in [1.807, 2.05) is 18.2 Å². The van der Waals surface area contributed by atoms with Crippen LogP contribution in [0.25, 0.3) is 0 Å². The number of carbonyl (C=O) groups is 2. The highest BCUT2D eigenvalue weighted by molar-refractivity contribution is 5.77. The lowest BCUT2D eigenvalue weighted by Gasteiger charge is -2.14. The Morgan fingerprint density at radius 1 is 1.17 bits per heavy atom. The van der Waals surface area contributed by atoms with Gasteiger partial charge in [0.1, 0.15) is 5.78 Å². The lowest BCUT2D eigenvalue weighted by Crippen LogP contribution is -2.14. The number of rotatable bonds is 7. The van der Waals surface area contributed by atoms with Crippen LogP contribution < -0.4 is 0 Å². The highest BCUT2D eigenvalue weighted by atomic mass is 16.5. The molecule has 1 unspecified atom stereocenters. The summed E-state index contributed by atoms with van der Waals surface area (Å²) < 4.78 is 4.66. The van der Waals surface area contributed by atoms with Crippen LogP contribution in [-0.2, 0) is 20.7 Å². The summed E-state index contributed by atoms with van der Waals surface area (Å²) in [7, 11) is 1.38. The minimum atomic E-state index is -0.241. The van der Waals surface area contributed by atoms with Crippen molar-refractivity contribution in [1.82, 2.24) is 0 Å². The van der Waals surface area contributed by atoms with E-state index >= 15 is 0 Å². The molecule has 98 valence electrons. The van der Waals surface area contributed by atoms with Gasteiger partial charge in [0, 0.05) is 12.8 Å². The molecule has 0 saturated carbocycles. The quantitative estimate of drug-likeness (QED) is 0.697. The third-order valence-corrected chi connectivity index (χ3v) is 2.94. The molecule has 0 spiro atoms. The van der Waals surface area contributed by atoms with E-state index in [9.17, 15) is 9.59 Å². The molecule has 1 aromatic carbocycles. The molecular formula is C15H20O3. The Morgan fingerprint density at radius 3 is 2.39 bits per heavy atom. The van der Waals surface area contributed by atoms with E-state index in [0.29, 0.717) is 12.8 Å². The number of esters is 1. The van der Waals surface area contributed by atoms with Gasteiger partial charge in [-0.05, 0) is 31.2 Å². The van der Waals surface area contributed by atoms with Crippen LogP contribution in [0.15, 0.2) is 30.3 Å². The number of hydrogen-bond acceptors (Lipinski definition) is 3. The number of hydrogen-bond donors (Lipinski definition) is 0. The summed E-state index contributed by atoms with van der Waals surface area (Å²) in [4.78, 5) is 22.5. The standard InChI is InChI=1S/C15H20O3/c1-12(16)10-14(11-15(17)18-2)9-8-13-6-4-3-5-7-13/h3-7,14H,8-11H2,1-2H3. The monoisotopic (exact) mass is 248 g/mol. The summed E-state index contributed by atoms with van der Waals surface area (Å²) in [5, 5.41) is 0. The molecular weight excluding hydrogens is 228 g/mol. The van der Waals surface area contributed by atoms with Crippen molar-refractivity contribution in [2.75, 3.05) is 7.11 Å². The molecule has 18 heavy (non-hydrogen) atoms. The number of Topliss-reactive ketones (excluding diaryl/α,β-unsaturated/α-hetero) is 1. The Balaban J connectivity index is 2.50. The lowest BCUT2D eigenvalue weighted by atomic mass is 9.92. The van der Waals surface area contributed by atoms with Crippen LogP contribution in [0, 0.1) is 5.92 Å². The zero-order valence-corrected chi connectivity index (χ0v) is 11.0. The van der Waals surface area contributed by atoms with Gasteiger partial charge in [-0.2, -0.15) is 0 Å². The smallest absolute Gasteiger partial charge is 0.305 e. The molecule has 0 heterocycles. The van der Waals surface area contributed by atoms with Crippen molar-refractivity contribution in [3.8, 4) is 0 Å².